The number of carbonyl (C=O) groups excluding carboxylic acids is 7. The van der Waals surface area contributed by atoms with E-state index in [0.717, 1.165) is 11.1 Å². The molecule has 1 aromatic rings. The molecule has 1 aromatic carbocycles. The number of amides is 6. The molecule has 0 radical (unpaired) electrons. The van der Waals surface area contributed by atoms with E-state index >= 15 is 0 Å². The summed E-state index contributed by atoms with van der Waals surface area (Å²) in [7, 11) is 0. The van der Waals surface area contributed by atoms with Gasteiger partial charge in [-0.3, -0.25) is 28.8 Å². The maximum atomic E-state index is 13.7. The van der Waals surface area contributed by atoms with Gasteiger partial charge < -0.3 is 41.4 Å². The van der Waals surface area contributed by atoms with Crippen molar-refractivity contribution < 1.29 is 43.0 Å². The van der Waals surface area contributed by atoms with Crippen LogP contribution in [0.15, 0.2) is 36.4 Å². The molecule has 55 heavy (non-hydrogen) atoms. The van der Waals surface area contributed by atoms with Crippen molar-refractivity contribution in [2.24, 2.45) is 23.2 Å². The molecule has 2 aliphatic rings. The molecule has 0 aromatic heterocycles. The van der Waals surface area contributed by atoms with Gasteiger partial charge in [0.25, 0.3) is 0 Å². The Labute approximate surface area is 324 Å². The van der Waals surface area contributed by atoms with Gasteiger partial charge in [-0.25, -0.2) is 4.79 Å². The van der Waals surface area contributed by atoms with E-state index in [4.69, 9.17) is 9.47 Å². The number of cyclic esters (lactones) is 1. The van der Waals surface area contributed by atoms with Gasteiger partial charge in [-0.2, -0.15) is 0 Å². The van der Waals surface area contributed by atoms with Gasteiger partial charge in [-0.15, -0.1) is 0 Å². The maximum absolute atomic E-state index is 13.7. The summed E-state index contributed by atoms with van der Waals surface area (Å²) in [5.41, 5.74) is 0.624. The molecule has 15 nitrogen and oxygen atoms in total. The highest BCUT2D eigenvalue weighted by molar-refractivity contribution is 5.93. The third-order valence-electron chi connectivity index (χ3n) is 10.1. The van der Waals surface area contributed by atoms with Crippen LogP contribution in [-0.4, -0.2) is 84.3 Å². The normalized spacial score (nSPS) is 25.6. The summed E-state index contributed by atoms with van der Waals surface area (Å²) in [6.45, 7) is 17.3. The molecule has 1 saturated heterocycles. The Morgan fingerprint density at radius 2 is 1.58 bits per heavy atom. The van der Waals surface area contributed by atoms with Crippen LogP contribution in [0.25, 0.3) is 0 Å². The minimum absolute atomic E-state index is 0.0542. The van der Waals surface area contributed by atoms with Crippen molar-refractivity contribution in [3.8, 4) is 0 Å². The van der Waals surface area contributed by atoms with E-state index in [1.54, 1.807) is 47.6 Å². The number of esters is 1. The number of carbonyl (C=O) groups is 7. The Morgan fingerprint density at radius 1 is 0.927 bits per heavy atom. The van der Waals surface area contributed by atoms with Gasteiger partial charge in [-0.1, -0.05) is 65.0 Å². The molecule has 6 amide bonds. The summed E-state index contributed by atoms with van der Waals surface area (Å²) in [5, 5.41) is 16.3. The lowest BCUT2D eigenvalue weighted by atomic mass is 9.83. The summed E-state index contributed by atoms with van der Waals surface area (Å²) in [5.74, 6) is -3.52. The fourth-order valence-electron chi connectivity index (χ4n) is 6.13. The van der Waals surface area contributed by atoms with Crippen LogP contribution in [0.5, 0.6) is 0 Å². The molecule has 1 fully saturated rings. The van der Waals surface area contributed by atoms with E-state index in [9.17, 15) is 33.6 Å². The lowest BCUT2D eigenvalue weighted by Crippen LogP contribution is -2.56. The number of rotatable bonds is 12. The predicted molar refractivity (Wildman–Crippen MR) is 205 cm³/mol. The fourth-order valence-corrected chi connectivity index (χ4v) is 6.13. The Bertz CT molecular complexity index is 1590. The third-order valence-corrected chi connectivity index (χ3v) is 10.1. The molecule has 0 aliphatic carbocycles. The van der Waals surface area contributed by atoms with E-state index in [1.165, 1.54) is 13.0 Å². The molecule has 0 bridgehead atoms. The summed E-state index contributed by atoms with van der Waals surface area (Å²) in [6.07, 6.45) is 2.12. The molecule has 2 heterocycles. The number of epoxide rings is 1. The lowest BCUT2D eigenvalue weighted by Gasteiger charge is -2.33. The van der Waals surface area contributed by atoms with E-state index in [-0.39, 0.29) is 61.3 Å². The number of hydrogen-bond donors (Lipinski definition) is 6. The van der Waals surface area contributed by atoms with Crippen molar-refractivity contribution in [3.05, 3.63) is 47.5 Å². The topological polar surface area (TPSA) is 213 Å². The maximum Gasteiger partial charge on any atom is 0.328 e. The smallest absolute Gasteiger partial charge is 0.328 e. The molecule has 15 heteroatoms. The molecule has 0 spiro atoms. The Kier molecular flexibility index (Phi) is 16.0. The SMILES string of the molecule is CC(=O)N[C@H](C(=O)NC(C)C(=O)NCc1ccc([C@H]2O[C@@H]2[C@@H](C)[C@@H]2C/C=C/C(=O)NCC(=O)NC(C)C(C)(C)C(=O)N[C@@H](CC(C)C)C(=O)O2)cc1)C(C)C. The van der Waals surface area contributed by atoms with Crippen LogP contribution in [0.4, 0.5) is 0 Å². The fraction of sp³-hybridized carbons (Fsp3) is 0.625. The first-order valence-corrected chi connectivity index (χ1v) is 19.1. The minimum Gasteiger partial charge on any atom is -0.460 e. The van der Waals surface area contributed by atoms with Crippen molar-refractivity contribution in [1.82, 2.24) is 31.9 Å². The Morgan fingerprint density at radius 3 is 2.18 bits per heavy atom. The summed E-state index contributed by atoms with van der Waals surface area (Å²) < 4.78 is 12.2. The van der Waals surface area contributed by atoms with Crippen LogP contribution in [0.1, 0.15) is 99.3 Å². The van der Waals surface area contributed by atoms with Crippen molar-refractivity contribution in [1.29, 1.82) is 0 Å². The quantitative estimate of drug-likeness (QED) is 0.136. The summed E-state index contributed by atoms with van der Waals surface area (Å²) in [4.78, 5) is 89.2. The molecule has 2 aliphatic heterocycles. The number of benzene rings is 1. The predicted octanol–water partition coefficient (Wildman–Crippen LogP) is 2.09. The average molecular weight is 769 g/mol. The molecular weight excluding hydrogens is 708 g/mol. The van der Waals surface area contributed by atoms with Crippen molar-refractivity contribution in [3.63, 3.8) is 0 Å². The van der Waals surface area contributed by atoms with Crippen LogP contribution in [-0.2, 0) is 49.6 Å². The second-order valence-electron chi connectivity index (χ2n) is 16.0. The van der Waals surface area contributed by atoms with Crippen LogP contribution in [0.2, 0.25) is 0 Å². The highest BCUT2D eigenvalue weighted by Gasteiger charge is 2.48. The minimum atomic E-state index is -1.09. The van der Waals surface area contributed by atoms with E-state index < -0.39 is 65.3 Å². The number of ether oxygens (including phenoxy) is 2. The molecule has 8 atom stereocenters. The second-order valence-corrected chi connectivity index (χ2v) is 16.0. The Balaban J connectivity index is 1.69. The first-order valence-electron chi connectivity index (χ1n) is 19.1. The van der Waals surface area contributed by atoms with Crippen LogP contribution < -0.4 is 31.9 Å². The zero-order valence-electron chi connectivity index (χ0n) is 33.7. The summed E-state index contributed by atoms with van der Waals surface area (Å²) >= 11 is 0. The van der Waals surface area contributed by atoms with Crippen LogP contribution >= 0.6 is 0 Å². The van der Waals surface area contributed by atoms with E-state index in [1.807, 2.05) is 45.0 Å². The first-order chi connectivity index (χ1) is 25.7. The standard InChI is InChI=1S/C40H60N6O9/c1-21(2)18-29-38(52)54-30(12-11-13-31(48)41-20-32(49)44-25(7)40(9,10)39(53)46-29)23(5)34-35(55-34)28-16-14-27(15-17-28)19-42-36(50)24(6)43-37(51)33(22(3)4)45-26(8)47/h11,13-17,21-25,29-30,33-35H,12,18-20H2,1-10H3,(H,41,48)(H,42,50)(H,43,51)(H,44,49)(H,45,47)(H,46,53)/b13-11+/t23-,24?,25?,29-,30-,33-,34+,35+/m0/s1. The van der Waals surface area contributed by atoms with Gasteiger partial charge in [0, 0.05) is 31.8 Å². The van der Waals surface area contributed by atoms with Gasteiger partial charge in [0.1, 0.15) is 30.3 Å². The highest BCUT2D eigenvalue weighted by atomic mass is 16.6. The van der Waals surface area contributed by atoms with Gasteiger partial charge in [0.15, 0.2) is 0 Å². The van der Waals surface area contributed by atoms with Crippen molar-refractivity contribution >= 4 is 41.4 Å². The zero-order valence-corrected chi connectivity index (χ0v) is 33.7. The third kappa shape index (κ3) is 13.2. The summed E-state index contributed by atoms with van der Waals surface area (Å²) in [6, 6.07) is 4.40. The largest absolute Gasteiger partial charge is 0.460 e. The zero-order chi connectivity index (χ0) is 41.2. The van der Waals surface area contributed by atoms with Gasteiger partial charge in [-0.05, 0) is 63.2 Å². The number of hydrogen-bond acceptors (Lipinski definition) is 9. The van der Waals surface area contributed by atoms with Gasteiger partial charge in [0.2, 0.25) is 35.4 Å². The first kappa shape index (κ1) is 44.6. The molecule has 304 valence electrons. The second kappa shape index (κ2) is 19.7. The molecule has 0 saturated carbocycles. The molecule has 6 N–H and O–H groups in total. The van der Waals surface area contributed by atoms with Crippen molar-refractivity contribution in [2.75, 3.05) is 6.54 Å². The van der Waals surface area contributed by atoms with Gasteiger partial charge >= 0.3 is 5.97 Å². The lowest BCUT2D eigenvalue weighted by molar-refractivity contribution is -0.157. The number of nitrogens with one attached hydrogen (secondary N) is 6. The Hall–Kier alpha value is -4.79. The monoisotopic (exact) mass is 768 g/mol. The highest BCUT2D eigenvalue weighted by Crippen LogP contribution is 2.45. The van der Waals surface area contributed by atoms with E-state index in [0.29, 0.717) is 6.42 Å². The van der Waals surface area contributed by atoms with E-state index in [2.05, 4.69) is 31.9 Å². The van der Waals surface area contributed by atoms with Crippen LogP contribution in [0, 0.1) is 23.2 Å². The van der Waals surface area contributed by atoms with Crippen LogP contribution in [0.3, 0.4) is 0 Å². The molecular formula is C40H60N6O9. The molecule has 2 unspecified atom stereocenters. The van der Waals surface area contributed by atoms with Gasteiger partial charge in [0.05, 0.1) is 18.1 Å². The average Bonchev–Trinajstić information content (AvgIpc) is 3.91. The van der Waals surface area contributed by atoms with Crippen molar-refractivity contribution in [2.45, 2.75) is 131 Å². The molecule has 3 rings (SSSR count).